The van der Waals surface area contributed by atoms with Crippen LogP contribution >= 0.6 is 0 Å². The molecule has 0 aromatic heterocycles. The molecule has 4 nitrogen and oxygen atoms in total. The quantitative estimate of drug-likeness (QED) is 0.823. The van der Waals surface area contributed by atoms with Crippen LogP contribution in [0.3, 0.4) is 0 Å². The summed E-state index contributed by atoms with van der Waals surface area (Å²) in [4.78, 5) is 12.6. The van der Waals surface area contributed by atoms with Crippen molar-refractivity contribution in [1.82, 2.24) is 5.32 Å². The van der Waals surface area contributed by atoms with Crippen LogP contribution in [0.2, 0.25) is 0 Å². The van der Waals surface area contributed by atoms with Gasteiger partial charge in [0, 0.05) is 6.42 Å². The Morgan fingerprint density at radius 3 is 2.54 bits per heavy atom. The number of hydrogen-bond donors (Lipinski definition) is 1. The number of nitrogens with one attached hydrogen (secondary N) is 1. The van der Waals surface area contributed by atoms with Crippen LogP contribution in [0.25, 0.3) is 0 Å². The van der Waals surface area contributed by atoms with Crippen molar-refractivity contribution in [3.63, 3.8) is 0 Å². The summed E-state index contributed by atoms with van der Waals surface area (Å²) in [6.07, 6.45) is 2.03. The fourth-order valence-electron chi connectivity index (χ4n) is 3.17. The topological polar surface area (TPSA) is 47.6 Å². The van der Waals surface area contributed by atoms with Gasteiger partial charge in [-0.15, -0.1) is 0 Å². The molecule has 1 aliphatic heterocycles. The third-order valence-corrected chi connectivity index (χ3v) is 4.43. The summed E-state index contributed by atoms with van der Waals surface area (Å²) in [5, 5.41) is 3.22. The maximum atomic E-state index is 12.6. The predicted octanol–water partition coefficient (Wildman–Crippen LogP) is 4.64. The lowest BCUT2D eigenvalue weighted by atomic mass is 9.85. The van der Waals surface area contributed by atoms with Crippen LogP contribution in [0.5, 0.6) is 11.5 Å². The highest BCUT2D eigenvalue weighted by Crippen LogP contribution is 2.33. The van der Waals surface area contributed by atoms with E-state index in [-0.39, 0.29) is 24.2 Å². The zero-order valence-corrected chi connectivity index (χ0v) is 15.7. The van der Waals surface area contributed by atoms with Gasteiger partial charge in [0.25, 0.3) is 0 Å². The first-order valence-electron chi connectivity index (χ1n) is 9.13. The van der Waals surface area contributed by atoms with Crippen LogP contribution in [-0.2, 0) is 11.2 Å². The smallest absolute Gasteiger partial charge is 0.231 e. The monoisotopic (exact) mass is 353 g/mol. The van der Waals surface area contributed by atoms with Crippen LogP contribution < -0.4 is 14.8 Å². The van der Waals surface area contributed by atoms with Gasteiger partial charge in [-0.3, -0.25) is 4.79 Å². The van der Waals surface area contributed by atoms with Crippen LogP contribution in [-0.4, -0.2) is 12.7 Å². The molecule has 0 saturated carbocycles. The third-order valence-electron chi connectivity index (χ3n) is 4.43. The number of fused-ring (bicyclic) bond motifs is 1. The molecule has 2 aromatic rings. The van der Waals surface area contributed by atoms with E-state index in [1.807, 2.05) is 36.4 Å². The van der Waals surface area contributed by atoms with Crippen LogP contribution in [0, 0.1) is 5.41 Å². The van der Waals surface area contributed by atoms with Gasteiger partial charge in [-0.1, -0.05) is 57.2 Å². The Bertz CT molecular complexity index is 750. The van der Waals surface area contributed by atoms with Gasteiger partial charge in [-0.25, -0.2) is 0 Å². The minimum absolute atomic E-state index is 0.0282. The molecule has 3 rings (SSSR count). The highest BCUT2D eigenvalue weighted by molar-refractivity contribution is 5.76. The summed E-state index contributed by atoms with van der Waals surface area (Å²) < 4.78 is 10.7. The molecule has 1 heterocycles. The van der Waals surface area contributed by atoms with E-state index in [1.54, 1.807) is 0 Å². The first kappa shape index (κ1) is 18.3. The molecule has 1 amide bonds. The standard InChI is InChI=1S/C22H27NO3/c1-22(2,3)14-18(17-7-5-4-6-8-17)23-21(24)12-10-16-9-11-19-20(13-16)26-15-25-19/h4-9,11,13,18H,10,12,14-15H2,1-3H3,(H,23,24). The normalized spacial score (nSPS) is 14.1. The molecule has 0 saturated heterocycles. The van der Waals surface area contributed by atoms with Crippen molar-refractivity contribution in [2.45, 2.75) is 46.1 Å². The summed E-state index contributed by atoms with van der Waals surface area (Å²) in [5.41, 5.74) is 2.36. The summed E-state index contributed by atoms with van der Waals surface area (Å²) in [6, 6.07) is 16.1. The Morgan fingerprint density at radius 2 is 1.81 bits per heavy atom. The lowest BCUT2D eigenvalue weighted by Gasteiger charge is -2.27. The van der Waals surface area contributed by atoms with Gasteiger partial charge in [0.1, 0.15) is 0 Å². The Morgan fingerprint density at radius 1 is 1.08 bits per heavy atom. The third kappa shape index (κ3) is 5.01. The van der Waals surface area contributed by atoms with Gasteiger partial charge in [-0.2, -0.15) is 0 Å². The van der Waals surface area contributed by atoms with Crippen LogP contribution in [0.4, 0.5) is 0 Å². The second-order valence-electron chi connectivity index (χ2n) is 7.98. The van der Waals surface area contributed by atoms with Gasteiger partial charge < -0.3 is 14.8 Å². The highest BCUT2D eigenvalue weighted by atomic mass is 16.7. The SMILES string of the molecule is CC(C)(C)CC(NC(=O)CCc1ccc2c(c1)OCO2)c1ccccc1. The number of amides is 1. The second-order valence-corrected chi connectivity index (χ2v) is 7.98. The van der Waals surface area contributed by atoms with Crippen molar-refractivity contribution >= 4 is 5.91 Å². The van der Waals surface area contributed by atoms with E-state index in [2.05, 4.69) is 38.2 Å². The van der Waals surface area contributed by atoms with Crippen molar-refractivity contribution in [3.05, 3.63) is 59.7 Å². The fraction of sp³-hybridized carbons (Fsp3) is 0.409. The maximum absolute atomic E-state index is 12.6. The van der Waals surface area contributed by atoms with Gasteiger partial charge in [-0.05, 0) is 41.5 Å². The highest BCUT2D eigenvalue weighted by Gasteiger charge is 2.22. The van der Waals surface area contributed by atoms with Crippen LogP contribution in [0.15, 0.2) is 48.5 Å². The Balaban J connectivity index is 1.60. The van der Waals surface area contributed by atoms with Gasteiger partial charge in [0.2, 0.25) is 12.7 Å². The van der Waals surface area contributed by atoms with Crippen molar-refractivity contribution in [2.75, 3.05) is 6.79 Å². The number of benzene rings is 2. The second kappa shape index (κ2) is 7.81. The average Bonchev–Trinajstić information content (AvgIpc) is 3.07. The summed E-state index contributed by atoms with van der Waals surface area (Å²) >= 11 is 0. The number of hydrogen-bond acceptors (Lipinski definition) is 3. The minimum atomic E-state index is 0.0282. The zero-order chi connectivity index (χ0) is 18.6. The molecule has 26 heavy (non-hydrogen) atoms. The zero-order valence-electron chi connectivity index (χ0n) is 15.7. The number of rotatable bonds is 6. The Hall–Kier alpha value is -2.49. The molecule has 0 aliphatic carbocycles. The van der Waals surface area contributed by atoms with E-state index in [1.165, 1.54) is 0 Å². The Labute approximate surface area is 155 Å². The summed E-state index contributed by atoms with van der Waals surface area (Å²) in [5.74, 6) is 1.60. The molecule has 1 aliphatic rings. The first-order chi connectivity index (χ1) is 12.4. The summed E-state index contributed by atoms with van der Waals surface area (Å²) in [7, 11) is 0. The molecule has 1 atom stereocenters. The van der Waals surface area contributed by atoms with Gasteiger partial charge in [0.15, 0.2) is 11.5 Å². The lowest BCUT2D eigenvalue weighted by molar-refractivity contribution is -0.122. The van der Waals surface area contributed by atoms with Crippen molar-refractivity contribution in [2.24, 2.45) is 5.41 Å². The molecule has 0 bridgehead atoms. The molecular formula is C22H27NO3. The van der Waals surface area contributed by atoms with E-state index in [0.717, 1.165) is 29.0 Å². The van der Waals surface area contributed by atoms with Crippen molar-refractivity contribution in [3.8, 4) is 11.5 Å². The average molecular weight is 353 g/mol. The Kier molecular flexibility index (Phi) is 5.50. The molecular weight excluding hydrogens is 326 g/mol. The van der Waals surface area contributed by atoms with Crippen molar-refractivity contribution < 1.29 is 14.3 Å². The molecule has 2 aromatic carbocycles. The van der Waals surface area contributed by atoms with Gasteiger partial charge >= 0.3 is 0 Å². The van der Waals surface area contributed by atoms with Crippen molar-refractivity contribution in [1.29, 1.82) is 0 Å². The van der Waals surface area contributed by atoms with Gasteiger partial charge in [0.05, 0.1) is 6.04 Å². The number of ether oxygens (including phenoxy) is 2. The minimum Gasteiger partial charge on any atom is -0.454 e. The van der Waals surface area contributed by atoms with E-state index in [4.69, 9.17) is 9.47 Å². The largest absolute Gasteiger partial charge is 0.454 e. The predicted molar refractivity (Wildman–Crippen MR) is 102 cm³/mol. The summed E-state index contributed by atoms with van der Waals surface area (Å²) in [6.45, 7) is 6.86. The fourth-order valence-corrected chi connectivity index (χ4v) is 3.17. The number of carbonyl (C=O) groups is 1. The van der Waals surface area contributed by atoms with Crippen LogP contribution in [0.1, 0.15) is 50.8 Å². The van der Waals surface area contributed by atoms with E-state index in [0.29, 0.717) is 12.8 Å². The molecule has 0 spiro atoms. The van der Waals surface area contributed by atoms with E-state index >= 15 is 0 Å². The maximum Gasteiger partial charge on any atom is 0.231 e. The molecule has 138 valence electrons. The van der Waals surface area contributed by atoms with E-state index < -0.39 is 0 Å². The molecule has 0 fully saturated rings. The molecule has 1 unspecified atom stereocenters. The lowest BCUT2D eigenvalue weighted by Crippen LogP contribution is -2.31. The molecule has 0 radical (unpaired) electrons. The molecule has 1 N–H and O–H groups in total. The number of aryl methyl sites for hydroxylation is 1. The molecule has 4 heteroatoms. The first-order valence-corrected chi connectivity index (χ1v) is 9.13. The number of carbonyl (C=O) groups excluding carboxylic acids is 1. The van der Waals surface area contributed by atoms with E-state index in [9.17, 15) is 4.79 Å².